The number of carbonyl (C=O) groups excluding carboxylic acids is 2. The average Bonchev–Trinajstić information content (AvgIpc) is 3.26. The van der Waals surface area contributed by atoms with Crippen LogP contribution in [0.4, 0.5) is 20.2 Å². The molecule has 2 N–H and O–H groups in total. The normalized spacial score (nSPS) is 12.6. The lowest BCUT2D eigenvalue weighted by atomic mass is 10.2. The van der Waals surface area contributed by atoms with Crippen molar-refractivity contribution >= 4 is 34.8 Å². The van der Waals surface area contributed by atoms with Crippen LogP contribution in [0.25, 0.3) is 5.69 Å². The zero-order valence-corrected chi connectivity index (χ0v) is 20.9. The van der Waals surface area contributed by atoms with Gasteiger partial charge in [-0.2, -0.15) is 4.98 Å². The summed E-state index contributed by atoms with van der Waals surface area (Å²) in [6.07, 6.45) is -0.330. The summed E-state index contributed by atoms with van der Waals surface area (Å²) in [5, 5.41) is 18.0. The molecule has 0 unspecified atom stereocenters. The molecule has 0 spiro atoms. The van der Waals surface area contributed by atoms with Crippen molar-refractivity contribution in [3.05, 3.63) is 74.8 Å². The number of aromatic nitrogens is 2. The molecule has 2 heterocycles. The van der Waals surface area contributed by atoms with Gasteiger partial charge in [-0.05, 0) is 37.3 Å². The van der Waals surface area contributed by atoms with Gasteiger partial charge in [0, 0.05) is 11.6 Å². The monoisotopic (exact) mass is 548 g/mol. The van der Waals surface area contributed by atoms with E-state index >= 15 is 0 Å². The average molecular weight is 549 g/mol. The third-order valence-electron chi connectivity index (χ3n) is 5.88. The third kappa shape index (κ3) is 5.23. The minimum absolute atomic E-state index is 0.0395. The molecule has 2 amide bonds. The van der Waals surface area contributed by atoms with Crippen molar-refractivity contribution in [1.29, 1.82) is 0 Å². The van der Waals surface area contributed by atoms with E-state index in [4.69, 9.17) is 16.3 Å². The highest BCUT2D eigenvalue weighted by molar-refractivity contribution is 6.31. The van der Waals surface area contributed by atoms with Crippen LogP contribution in [0.15, 0.2) is 41.2 Å². The molecule has 38 heavy (non-hydrogen) atoms. The fourth-order valence-electron chi connectivity index (χ4n) is 4.04. The highest BCUT2D eigenvalue weighted by Gasteiger charge is 2.33. The van der Waals surface area contributed by atoms with Gasteiger partial charge in [-0.15, -0.1) is 0 Å². The van der Waals surface area contributed by atoms with Gasteiger partial charge in [0.1, 0.15) is 30.7 Å². The fourth-order valence-corrected chi connectivity index (χ4v) is 4.23. The van der Waals surface area contributed by atoms with Crippen molar-refractivity contribution in [2.45, 2.75) is 26.4 Å². The molecule has 0 aliphatic carbocycles. The van der Waals surface area contributed by atoms with Gasteiger partial charge in [0.2, 0.25) is 17.7 Å². The van der Waals surface area contributed by atoms with Crippen molar-refractivity contribution < 1.29 is 33.3 Å². The molecule has 0 atom stereocenters. The second-order valence-electron chi connectivity index (χ2n) is 8.35. The summed E-state index contributed by atoms with van der Waals surface area (Å²) in [4.78, 5) is 45.2. The van der Waals surface area contributed by atoms with Crippen LogP contribution in [0, 0.1) is 18.6 Å². The van der Waals surface area contributed by atoms with Gasteiger partial charge in [-0.25, -0.2) is 8.78 Å². The molecule has 1 aliphatic rings. The molecule has 0 saturated heterocycles. The molecule has 13 heteroatoms. The minimum atomic E-state index is -0.823. The quantitative estimate of drug-likeness (QED) is 0.443. The Kier molecular flexibility index (Phi) is 8.05. The van der Waals surface area contributed by atoms with Crippen molar-refractivity contribution in [2.24, 2.45) is 0 Å². The van der Waals surface area contributed by atoms with E-state index < -0.39 is 35.6 Å². The van der Waals surface area contributed by atoms with Gasteiger partial charge in [-0.1, -0.05) is 11.6 Å². The Hall–Kier alpha value is -3.87. The van der Waals surface area contributed by atoms with Gasteiger partial charge < -0.3 is 14.9 Å². The topological polar surface area (TPSA) is 125 Å². The number of benzene rings is 2. The first-order chi connectivity index (χ1) is 18.2. The van der Waals surface area contributed by atoms with E-state index in [1.165, 1.54) is 33.4 Å². The van der Waals surface area contributed by atoms with Crippen LogP contribution in [-0.2, 0) is 16.2 Å². The Morgan fingerprint density at radius 3 is 2.32 bits per heavy atom. The first-order valence-corrected chi connectivity index (χ1v) is 11.9. The van der Waals surface area contributed by atoms with Crippen molar-refractivity contribution in [3.8, 4) is 11.6 Å². The van der Waals surface area contributed by atoms with Crippen LogP contribution < -0.4 is 20.1 Å². The number of ether oxygens (including phenoxy) is 1. The summed E-state index contributed by atoms with van der Waals surface area (Å²) in [6.45, 7) is 0.295. The standard InChI is InChI=1S/C25H23ClF2N4O6/c1-14-29-24(38-12-15-2-3-16(27)10-18(15)28)23(26)25(37)32(14)17-4-5-19-20(11-17)31(22(36)7-9-34)13-30(19)21(35)6-8-33/h2-5,10-11,33-34H,6-9,12-13H2,1H3. The number of aliphatic hydroxyl groups is 2. The molecule has 200 valence electrons. The van der Waals surface area contributed by atoms with Crippen LogP contribution in [0.3, 0.4) is 0 Å². The molecule has 0 radical (unpaired) electrons. The Morgan fingerprint density at radius 1 is 1.03 bits per heavy atom. The van der Waals surface area contributed by atoms with E-state index in [1.54, 1.807) is 12.1 Å². The lowest BCUT2D eigenvalue weighted by Crippen LogP contribution is -2.39. The number of rotatable bonds is 8. The molecule has 0 fully saturated rings. The summed E-state index contributed by atoms with van der Waals surface area (Å²) in [5.41, 5.74) is 0.340. The Morgan fingerprint density at radius 2 is 1.68 bits per heavy atom. The first-order valence-electron chi connectivity index (χ1n) is 11.5. The van der Waals surface area contributed by atoms with E-state index in [2.05, 4.69) is 4.98 Å². The highest BCUT2D eigenvalue weighted by Crippen LogP contribution is 2.38. The molecule has 3 aromatic rings. The predicted molar refractivity (Wildman–Crippen MR) is 134 cm³/mol. The number of fused-ring (bicyclic) bond motifs is 1. The van der Waals surface area contributed by atoms with Crippen LogP contribution in [0.2, 0.25) is 5.02 Å². The Labute approximate surface area is 220 Å². The Bertz CT molecular complexity index is 1460. The van der Waals surface area contributed by atoms with Gasteiger partial charge in [0.05, 0.1) is 43.1 Å². The highest BCUT2D eigenvalue weighted by atomic mass is 35.5. The maximum absolute atomic E-state index is 13.9. The van der Waals surface area contributed by atoms with Crippen LogP contribution >= 0.6 is 11.6 Å². The zero-order valence-electron chi connectivity index (χ0n) is 20.2. The summed E-state index contributed by atoms with van der Waals surface area (Å²) in [6, 6.07) is 7.58. The van der Waals surface area contributed by atoms with Gasteiger partial charge in [0.25, 0.3) is 5.56 Å². The third-order valence-corrected chi connectivity index (χ3v) is 6.20. The second-order valence-corrected chi connectivity index (χ2v) is 8.73. The SMILES string of the molecule is Cc1nc(OCc2ccc(F)cc2F)c(Cl)c(=O)n1-c1ccc2c(c1)N(C(=O)CCO)CN2C(=O)CCO. The summed E-state index contributed by atoms with van der Waals surface area (Å²) in [5.74, 6) is -2.49. The van der Waals surface area contributed by atoms with Crippen molar-refractivity contribution in [1.82, 2.24) is 9.55 Å². The number of aliphatic hydroxyl groups excluding tert-OH is 2. The number of hydrogen-bond acceptors (Lipinski definition) is 7. The molecule has 1 aliphatic heterocycles. The van der Waals surface area contributed by atoms with E-state index in [9.17, 15) is 33.4 Å². The second kappa shape index (κ2) is 11.3. The maximum Gasteiger partial charge on any atom is 0.280 e. The number of nitrogens with zero attached hydrogens (tertiary/aromatic N) is 4. The largest absolute Gasteiger partial charge is 0.471 e. The molecule has 2 aromatic carbocycles. The molecular weight excluding hydrogens is 526 g/mol. The summed E-state index contributed by atoms with van der Waals surface area (Å²) >= 11 is 6.25. The summed E-state index contributed by atoms with van der Waals surface area (Å²) in [7, 11) is 0. The first kappa shape index (κ1) is 27.2. The summed E-state index contributed by atoms with van der Waals surface area (Å²) < 4.78 is 33.7. The Balaban J connectivity index is 1.70. The van der Waals surface area contributed by atoms with E-state index in [-0.39, 0.29) is 60.7 Å². The molecule has 4 rings (SSSR count). The van der Waals surface area contributed by atoms with Crippen molar-refractivity contribution in [2.75, 3.05) is 29.7 Å². The number of anilines is 2. The number of aryl methyl sites for hydroxylation is 1. The lowest BCUT2D eigenvalue weighted by Gasteiger charge is -2.18. The van der Waals surface area contributed by atoms with Crippen LogP contribution in [0.1, 0.15) is 24.2 Å². The lowest BCUT2D eigenvalue weighted by molar-refractivity contribution is -0.119. The van der Waals surface area contributed by atoms with Gasteiger partial charge in [-0.3, -0.25) is 28.8 Å². The van der Waals surface area contributed by atoms with Gasteiger partial charge in [0.15, 0.2) is 5.02 Å². The van der Waals surface area contributed by atoms with Gasteiger partial charge >= 0.3 is 0 Å². The predicted octanol–water partition coefficient (Wildman–Crippen LogP) is 2.45. The fraction of sp³-hybridized carbons (Fsp3) is 0.280. The molecule has 1 aromatic heterocycles. The van der Waals surface area contributed by atoms with E-state index in [0.29, 0.717) is 17.4 Å². The minimum Gasteiger partial charge on any atom is -0.471 e. The number of carbonyl (C=O) groups is 2. The maximum atomic E-state index is 13.9. The number of hydrogen-bond donors (Lipinski definition) is 2. The molecule has 10 nitrogen and oxygen atoms in total. The number of amides is 2. The van der Waals surface area contributed by atoms with E-state index in [0.717, 1.165) is 6.07 Å². The van der Waals surface area contributed by atoms with Crippen LogP contribution in [0.5, 0.6) is 5.88 Å². The molecule has 0 saturated carbocycles. The zero-order chi connectivity index (χ0) is 27.6. The number of halogens is 3. The smallest absolute Gasteiger partial charge is 0.280 e. The van der Waals surface area contributed by atoms with Crippen LogP contribution in [-0.4, -0.2) is 51.5 Å². The molecule has 0 bridgehead atoms. The molecular formula is C25H23ClF2N4O6. The van der Waals surface area contributed by atoms with E-state index in [1.807, 2.05) is 0 Å². The van der Waals surface area contributed by atoms with Crippen molar-refractivity contribution in [3.63, 3.8) is 0 Å².